The van der Waals surface area contributed by atoms with Crippen LogP contribution in [0.3, 0.4) is 0 Å². The van der Waals surface area contributed by atoms with Gasteiger partial charge in [0, 0.05) is 30.9 Å². The number of halogens is 1. The summed E-state index contributed by atoms with van der Waals surface area (Å²) in [7, 11) is 0. The van der Waals surface area contributed by atoms with E-state index in [1.807, 2.05) is 30.6 Å². The summed E-state index contributed by atoms with van der Waals surface area (Å²) >= 11 is 6.01. The van der Waals surface area contributed by atoms with Crippen LogP contribution in [0, 0.1) is 0 Å². The van der Waals surface area contributed by atoms with Gasteiger partial charge in [-0.15, -0.1) is 11.6 Å². The summed E-state index contributed by atoms with van der Waals surface area (Å²) in [5.74, 6) is 0.611. The van der Waals surface area contributed by atoms with Crippen molar-refractivity contribution in [3.63, 3.8) is 0 Å². The van der Waals surface area contributed by atoms with Gasteiger partial charge in [0.15, 0.2) is 0 Å². The van der Waals surface area contributed by atoms with Crippen LogP contribution in [0.4, 0.5) is 0 Å². The molecule has 1 N–H and O–H groups in total. The highest BCUT2D eigenvalue weighted by Gasteiger charge is 2.07. The first-order valence-corrected chi connectivity index (χ1v) is 6.64. The zero-order chi connectivity index (χ0) is 12.6. The first kappa shape index (κ1) is 13.1. The maximum absolute atomic E-state index is 6.01. The molecular weight excluding hydrogens is 244 g/mol. The summed E-state index contributed by atoms with van der Waals surface area (Å²) in [6.45, 7) is 0.826. The molecule has 1 atom stereocenters. The van der Waals surface area contributed by atoms with Crippen LogP contribution in [0.2, 0.25) is 0 Å². The van der Waals surface area contributed by atoms with Crippen LogP contribution in [0.5, 0.6) is 0 Å². The molecule has 1 aromatic heterocycles. The molecule has 0 saturated heterocycles. The Morgan fingerprint density at radius 3 is 2.39 bits per heavy atom. The van der Waals surface area contributed by atoms with Crippen LogP contribution >= 0.6 is 11.6 Å². The lowest BCUT2D eigenvalue weighted by Crippen LogP contribution is -2.32. The van der Waals surface area contributed by atoms with Crippen LogP contribution in [-0.2, 0) is 13.0 Å². The Bertz CT molecular complexity index is 445. The van der Waals surface area contributed by atoms with Gasteiger partial charge in [0.05, 0.1) is 0 Å². The minimum absolute atomic E-state index is 0.294. The summed E-state index contributed by atoms with van der Waals surface area (Å²) in [5.41, 5.74) is 2.54. The lowest BCUT2D eigenvalue weighted by molar-refractivity contribution is 0.550. The van der Waals surface area contributed by atoms with Gasteiger partial charge in [-0.3, -0.25) is 4.98 Å². The number of hydrogen-bond donors (Lipinski definition) is 1. The average molecular weight is 261 g/mol. The molecule has 0 amide bonds. The molecule has 18 heavy (non-hydrogen) atoms. The Morgan fingerprint density at radius 2 is 1.72 bits per heavy atom. The van der Waals surface area contributed by atoms with Crippen molar-refractivity contribution in [2.75, 3.05) is 5.88 Å². The van der Waals surface area contributed by atoms with E-state index in [1.165, 1.54) is 11.1 Å². The van der Waals surface area contributed by atoms with E-state index >= 15 is 0 Å². The quantitative estimate of drug-likeness (QED) is 0.808. The molecule has 0 aliphatic heterocycles. The van der Waals surface area contributed by atoms with Crippen LogP contribution in [0.15, 0.2) is 54.9 Å². The Morgan fingerprint density at radius 1 is 1.00 bits per heavy atom. The molecule has 0 fully saturated rings. The third kappa shape index (κ3) is 4.13. The molecule has 0 radical (unpaired) electrons. The lowest BCUT2D eigenvalue weighted by Gasteiger charge is -2.16. The fourth-order valence-corrected chi connectivity index (χ4v) is 2.06. The van der Waals surface area contributed by atoms with Crippen molar-refractivity contribution in [2.45, 2.75) is 19.0 Å². The number of nitrogens with one attached hydrogen (secondary N) is 1. The summed E-state index contributed by atoms with van der Waals surface area (Å²) < 4.78 is 0. The van der Waals surface area contributed by atoms with E-state index in [0.717, 1.165) is 13.0 Å². The maximum Gasteiger partial charge on any atom is 0.0380 e. The molecule has 2 aromatic rings. The summed E-state index contributed by atoms with van der Waals surface area (Å²) in [6, 6.07) is 14.7. The van der Waals surface area contributed by atoms with Crippen LogP contribution in [-0.4, -0.2) is 16.9 Å². The largest absolute Gasteiger partial charge is 0.308 e. The first-order chi connectivity index (χ1) is 8.88. The van der Waals surface area contributed by atoms with E-state index < -0.39 is 0 Å². The van der Waals surface area contributed by atoms with Gasteiger partial charge in [0.2, 0.25) is 0 Å². The van der Waals surface area contributed by atoms with Crippen molar-refractivity contribution < 1.29 is 0 Å². The van der Waals surface area contributed by atoms with Crippen molar-refractivity contribution in [1.29, 1.82) is 0 Å². The van der Waals surface area contributed by atoms with Gasteiger partial charge in [0.1, 0.15) is 0 Å². The summed E-state index contributed by atoms with van der Waals surface area (Å²) in [4.78, 5) is 4.01. The summed E-state index contributed by atoms with van der Waals surface area (Å²) in [6.07, 6.45) is 4.57. The van der Waals surface area contributed by atoms with Crippen molar-refractivity contribution >= 4 is 11.6 Å². The van der Waals surface area contributed by atoms with E-state index in [-0.39, 0.29) is 0 Å². The number of alkyl halides is 1. The lowest BCUT2D eigenvalue weighted by atomic mass is 10.1. The van der Waals surface area contributed by atoms with Crippen LogP contribution in [0.25, 0.3) is 0 Å². The van der Waals surface area contributed by atoms with Gasteiger partial charge >= 0.3 is 0 Å². The summed E-state index contributed by atoms with van der Waals surface area (Å²) in [5, 5.41) is 3.47. The van der Waals surface area contributed by atoms with Crippen molar-refractivity contribution in [1.82, 2.24) is 10.3 Å². The van der Waals surface area contributed by atoms with E-state index in [4.69, 9.17) is 11.6 Å². The molecule has 3 heteroatoms. The van der Waals surface area contributed by atoms with E-state index in [0.29, 0.717) is 11.9 Å². The third-order valence-corrected chi connectivity index (χ3v) is 3.23. The maximum atomic E-state index is 6.01. The topological polar surface area (TPSA) is 24.9 Å². The number of pyridine rings is 1. The molecule has 1 aromatic carbocycles. The zero-order valence-corrected chi connectivity index (χ0v) is 11.0. The molecule has 1 heterocycles. The molecule has 0 spiro atoms. The standard InChI is InChI=1S/C15H17ClN2/c16-11-15(10-13-4-2-1-3-5-13)18-12-14-6-8-17-9-7-14/h1-9,15,18H,10-12H2. The second-order valence-electron chi connectivity index (χ2n) is 4.28. The predicted octanol–water partition coefficient (Wildman–Crippen LogP) is 3.02. The molecule has 94 valence electrons. The monoisotopic (exact) mass is 260 g/mol. The number of nitrogens with zero attached hydrogens (tertiary/aromatic N) is 1. The van der Waals surface area contributed by atoms with Crippen LogP contribution in [0.1, 0.15) is 11.1 Å². The molecule has 0 aliphatic rings. The van der Waals surface area contributed by atoms with Crippen LogP contribution < -0.4 is 5.32 Å². The van der Waals surface area contributed by atoms with Crippen molar-refractivity contribution in [2.24, 2.45) is 0 Å². The normalized spacial score (nSPS) is 12.3. The molecular formula is C15H17ClN2. The molecule has 1 unspecified atom stereocenters. The minimum atomic E-state index is 0.294. The molecule has 2 nitrogen and oxygen atoms in total. The highest BCUT2D eigenvalue weighted by Crippen LogP contribution is 2.05. The zero-order valence-electron chi connectivity index (χ0n) is 10.2. The van der Waals surface area contributed by atoms with E-state index in [2.05, 4.69) is 34.6 Å². The molecule has 0 saturated carbocycles. The SMILES string of the molecule is ClCC(Cc1ccccc1)NCc1ccncc1. The second kappa shape index (κ2) is 7.14. The fourth-order valence-electron chi connectivity index (χ4n) is 1.84. The first-order valence-electron chi connectivity index (χ1n) is 6.10. The third-order valence-electron chi connectivity index (χ3n) is 2.86. The van der Waals surface area contributed by atoms with Gasteiger partial charge in [-0.1, -0.05) is 30.3 Å². The van der Waals surface area contributed by atoms with Gasteiger partial charge in [-0.2, -0.15) is 0 Å². The molecule has 0 aliphatic carbocycles. The van der Waals surface area contributed by atoms with Crippen molar-refractivity contribution in [3.8, 4) is 0 Å². The fraction of sp³-hybridized carbons (Fsp3) is 0.267. The number of rotatable bonds is 6. The number of benzene rings is 1. The van der Waals surface area contributed by atoms with Gasteiger partial charge in [-0.25, -0.2) is 0 Å². The minimum Gasteiger partial charge on any atom is -0.308 e. The highest BCUT2D eigenvalue weighted by molar-refractivity contribution is 6.18. The van der Waals surface area contributed by atoms with Crippen molar-refractivity contribution in [3.05, 3.63) is 66.0 Å². The Kier molecular flexibility index (Phi) is 5.18. The Labute approximate surface area is 113 Å². The predicted molar refractivity (Wildman–Crippen MR) is 75.7 cm³/mol. The van der Waals surface area contributed by atoms with Gasteiger partial charge < -0.3 is 5.32 Å². The molecule has 0 bridgehead atoms. The Balaban J connectivity index is 1.86. The number of hydrogen-bond acceptors (Lipinski definition) is 2. The van der Waals surface area contributed by atoms with E-state index in [1.54, 1.807) is 0 Å². The molecule has 2 rings (SSSR count). The second-order valence-corrected chi connectivity index (χ2v) is 4.59. The Hall–Kier alpha value is -1.38. The average Bonchev–Trinajstić information content (AvgIpc) is 2.45. The van der Waals surface area contributed by atoms with Gasteiger partial charge in [0.25, 0.3) is 0 Å². The number of aromatic nitrogens is 1. The van der Waals surface area contributed by atoms with E-state index in [9.17, 15) is 0 Å². The smallest absolute Gasteiger partial charge is 0.0380 e. The highest BCUT2D eigenvalue weighted by atomic mass is 35.5. The van der Waals surface area contributed by atoms with Gasteiger partial charge in [-0.05, 0) is 29.7 Å².